The standard InChI is InChI=1S/C15H22F2N2O/c1-20-14-3-2-5-19(10-14)6-4-15(18)11-7-12(16)9-13(17)8-11/h7-9,14-15H,2-6,10,18H2,1H3. The number of methoxy groups -OCH3 is 1. The lowest BCUT2D eigenvalue weighted by Crippen LogP contribution is -2.40. The van der Waals surface area contributed by atoms with E-state index in [1.807, 2.05) is 0 Å². The van der Waals surface area contributed by atoms with Gasteiger partial charge in [0.2, 0.25) is 0 Å². The fraction of sp³-hybridized carbons (Fsp3) is 0.600. The van der Waals surface area contributed by atoms with Gasteiger partial charge in [-0.15, -0.1) is 0 Å². The number of halogens is 2. The monoisotopic (exact) mass is 284 g/mol. The molecule has 0 radical (unpaired) electrons. The maximum atomic E-state index is 13.2. The maximum Gasteiger partial charge on any atom is 0.126 e. The SMILES string of the molecule is COC1CCCN(CCC(N)c2cc(F)cc(F)c2)C1. The number of ether oxygens (including phenoxy) is 1. The molecule has 0 amide bonds. The third-order valence-electron chi connectivity index (χ3n) is 3.86. The molecule has 0 aliphatic carbocycles. The van der Waals surface area contributed by atoms with Crippen LogP contribution in [0.3, 0.4) is 0 Å². The molecule has 1 fully saturated rings. The lowest BCUT2D eigenvalue weighted by atomic mass is 10.0. The Kier molecular flexibility index (Phi) is 5.46. The van der Waals surface area contributed by atoms with Crippen molar-refractivity contribution in [1.29, 1.82) is 0 Å². The Morgan fingerprint density at radius 3 is 2.70 bits per heavy atom. The molecule has 1 aliphatic heterocycles. The Hall–Kier alpha value is -1.04. The highest BCUT2D eigenvalue weighted by Gasteiger charge is 2.20. The zero-order valence-corrected chi connectivity index (χ0v) is 11.8. The average Bonchev–Trinajstić information content (AvgIpc) is 2.44. The summed E-state index contributed by atoms with van der Waals surface area (Å²) < 4.78 is 31.7. The van der Waals surface area contributed by atoms with Gasteiger partial charge in [0.1, 0.15) is 11.6 Å². The van der Waals surface area contributed by atoms with Crippen molar-refractivity contribution >= 4 is 0 Å². The predicted molar refractivity (Wildman–Crippen MR) is 74.4 cm³/mol. The third kappa shape index (κ3) is 4.23. The molecule has 0 aromatic heterocycles. The Morgan fingerprint density at radius 2 is 2.05 bits per heavy atom. The minimum Gasteiger partial charge on any atom is -0.380 e. The summed E-state index contributed by atoms with van der Waals surface area (Å²) in [7, 11) is 1.73. The van der Waals surface area contributed by atoms with Crippen LogP contribution >= 0.6 is 0 Å². The Labute approximate surface area is 118 Å². The largest absolute Gasteiger partial charge is 0.380 e. The highest BCUT2D eigenvalue weighted by atomic mass is 19.1. The highest BCUT2D eigenvalue weighted by molar-refractivity contribution is 5.21. The van der Waals surface area contributed by atoms with Gasteiger partial charge >= 0.3 is 0 Å². The second-order valence-corrected chi connectivity index (χ2v) is 5.40. The van der Waals surface area contributed by atoms with Crippen molar-refractivity contribution in [2.75, 3.05) is 26.7 Å². The van der Waals surface area contributed by atoms with Crippen LogP contribution in [0.4, 0.5) is 8.78 Å². The molecule has 1 aromatic rings. The summed E-state index contributed by atoms with van der Waals surface area (Å²) in [5.74, 6) is -1.15. The molecule has 1 aromatic carbocycles. The summed E-state index contributed by atoms with van der Waals surface area (Å²) in [6.07, 6.45) is 3.17. The molecule has 0 saturated carbocycles. The Bertz CT molecular complexity index is 422. The molecule has 2 rings (SSSR count). The van der Waals surface area contributed by atoms with E-state index in [0.29, 0.717) is 12.0 Å². The van der Waals surface area contributed by atoms with Crippen molar-refractivity contribution in [3.8, 4) is 0 Å². The minimum atomic E-state index is -0.576. The zero-order valence-electron chi connectivity index (χ0n) is 11.8. The molecule has 20 heavy (non-hydrogen) atoms. The van der Waals surface area contributed by atoms with Gasteiger partial charge in [-0.25, -0.2) is 8.78 Å². The fourth-order valence-electron chi connectivity index (χ4n) is 2.69. The summed E-state index contributed by atoms with van der Waals surface area (Å²) in [5, 5.41) is 0. The first kappa shape index (κ1) is 15.4. The fourth-order valence-corrected chi connectivity index (χ4v) is 2.69. The Balaban J connectivity index is 1.86. The number of piperidine rings is 1. The predicted octanol–water partition coefficient (Wildman–Crippen LogP) is 2.47. The van der Waals surface area contributed by atoms with E-state index in [9.17, 15) is 8.78 Å². The first-order valence-electron chi connectivity index (χ1n) is 7.05. The van der Waals surface area contributed by atoms with Gasteiger partial charge < -0.3 is 15.4 Å². The molecule has 1 saturated heterocycles. The molecule has 2 N–H and O–H groups in total. The summed E-state index contributed by atoms with van der Waals surface area (Å²) in [4.78, 5) is 2.30. The van der Waals surface area contributed by atoms with Crippen molar-refractivity contribution in [2.24, 2.45) is 5.73 Å². The van der Waals surface area contributed by atoms with Crippen LogP contribution in [0.15, 0.2) is 18.2 Å². The smallest absolute Gasteiger partial charge is 0.126 e. The summed E-state index contributed by atoms with van der Waals surface area (Å²) in [6.45, 7) is 2.75. The summed E-state index contributed by atoms with van der Waals surface area (Å²) in [5.41, 5.74) is 6.54. The minimum absolute atomic E-state index is 0.284. The first-order chi connectivity index (χ1) is 9.58. The number of hydrogen-bond acceptors (Lipinski definition) is 3. The molecular weight excluding hydrogens is 262 g/mol. The lowest BCUT2D eigenvalue weighted by molar-refractivity contribution is 0.0305. The Morgan fingerprint density at radius 1 is 1.35 bits per heavy atom. The molecule has 2 unspecified atom stereocenters. The van der Waals surface area contributed by atoms with Gasteiger partial charge in [-0.1, -0.05) is 0 Å². The van der Waals surface area contributed by atoms with E-state index in [0.717, 1.165) is 38.5 Å². The summed E-state index contributed by atoms with van der Waals surface area (Å²) in [6, 6.07) is 3.14. The molecule has 2 atom stereocenters. The molecule has 3 nitrogen and oxygen atoms in total. The van der Waals surface area contributed by atoms with E-state index in [-0.39, 0.29) is 12.1 Å². The number of nitrogens with two attached hydrogens (primary N) is 1. The number of benzene rings is 1. The van der Waals surface area contributed by atoms with Gasteiger partial charge in [-0.05, 0) is 43.5 Å². The van der Waals surface area contributed by atoms with Gasteiger partial charge in [0.25, 0.3) is 0 Å². The van der Waals surface area contributed by atoms with E-state index in [4.69, 9.17) is 10.5 Å². The number of rotatable bonds is 5. The van der Waals surface area contributed by atoms with Crippen molar-refractivity contribution in [1.82, 2.24) is 4.90 Å². The highest BCUT2D eigenvalue weighted by Crippen LogP contribution is 2.19. The normalized spacial score (nSPS) is 21.9. The maximum absolute atomic E-state index is 13.2. The topological polar surface area (TPSA) is 38.5 Å². The van der Waals surface area contributed by atoms with Crippen LogP contribution in [0.2, 0.25) is 0 Å². The average molecular weight is 284 g/mol. The summed E-state index contributed by atoms with van der Waals surface area (Å²) >= 11 is 0. The van der Waals surface area contributed by atoms with E-state index < -0.39 is 11.6 Å². The molecule has 0 spiro atoms. The first-order valence-corrected chi connectivity index (χ1v) is 7.05. The van der Waals surface area contributed by atoms with Crippen LogP contribution in [0, 0.1) is 11.6 Å². The van der Waals surface area contributed by atoms with Crippen LogP contribution in [0.1, 0.15) is 30.9 Å². The van der Waals surface area contributed by atoms with Crippen LogP contribution in [-0.2, 0) is 4.74 Å². The number of nitrogens with zero attached hydrogens (tertiary/aromatic N) is 1. The quantitative estimate of drug-likeness (QED) is 0.902. The van der Waals surface area contributed by atoms with Gasteiger partial charge in [0.05, 0.1) is 6.10 Å². The van der Waals surface area contributed by atoms with Crippen LogP contribution < -0.4 is 5.73 Å². The molecule has 0 bridgehead atoms. The molecule has 112 valence electrons. The van der Waals surface area contributed by atoms with Gasteiger partial charge in [-0.2, -0.15) is 0 Å². The lowest BCUT2D eigenvalue weighted by Gasteiger charge is -2.32. The van der Waals surface area contributed by atoms with E-state index in [1.165, 1.54) is 12.1 Å². The van der Waals surface area contributed by atoms with E-state index >= 15 is 0 Å². The van der Waals surface area contributed by atoms with E-state index in [1.54, 1.807) is 7.11 Å². The van der Waals surface area contributed by atoms with Crippen molar-refractivity contribution in [2.45, 2.75) is 31.4 Å². The van der Waals surface area contributed by atoms with Crippen LogP contribution in [0.5, 0.6) is 0 Å². The van der Waals surface area contributed by atoms with Gasteiger partial charge in [-0.3, -0.25) is 0 Å². The molecule has 1 aliphatic rings. The zero-order chi connectivity index (χ0) is 14.5. The second kappa shape index (κ2) is 7.11. The second-order valence-electron chi connectivity index (χ2n) is 5.40. The van der Waals surface area contributed by atoms with Crippen LogP contribution in [-0.4, -0.2) is 37.7 Å². The van der Waals surface area contributed by atoms with Crippen molar-refractivity contribution in [3.05, 3.63) is 35.4 Å². The van der Waals surface area contributed by atoms with Gasteiger partial charge in [0, 0.05) is 32.3 Å². The third-order valence-corrected chi connectivity index (χ3v) is 3.86. The van der Waals surface area contributed by atoms with Crippen LogP contribution in [0.25, 0.3) is 0 Å². The molecule has 5 heteroatoms. The molecular formula is C15H22F2N2O. The van der Waals surface area contributed by atoms with Crippen molar-refractivity contribution in [3.63, 3.8) is 0 Å². The molecule has 1 heterocycles. The van der Waals surface area contributed by atoms with Gasteiger partial charge in [0.15, 0.2) is 0 Å². The number of hydrogen-bond donors (Lipinski definition) is 1. The van der Waals surface area contributed by atoms with Crippen molar-refractivity contribution < 1.29 is 13.5 Å². The van der Waals surface area contributed by atoms with E-state index in [2.05, 4.69) is 4.90 Å². The number of likely N-dealkylation sites (tertiary alicyclic amines) is 1.